The molecule has 10 atom stereocenters. The van der Waals surface area contributed by atoms with Crippen molar-refractivity contribution in [3.8, 4) is 11.5 Å². The minimum atomic E-state index is -0.586. The predicted molar refractivity (Wildman–Crippen MR) is 234 cm³/mol. The van der Waals surface area contributed by atoms with Crippen molar-refractivity contribution in [2.45, 2.75) is 165 Å². The van der Waals surface area contributed by atoms with Gasteiger partial charge in [-0.25, -0.2) is 0 Å². The number of rotatable bonds is 12. The van der Waals surface area contributed by atoms with E-state index in [9.17, 15) is 29.4 Å². The average Bonchev–Trinajstić information content (AvgIpc) is 3.68. The first kappa shape index (κ1) is 44.7. The van der Waals surface area contributed by atoms with Gasteiger partial charge in [0.05, 0.1) is 18.9 Å². The second kappa shape index (κ2) is 17.8. The lowest BCUT2D eigenvalue weighted by Gasteiger charge is -2.50. The van der Waals surface area contributed by atoms with Gasteiger partial charge in [-0.2, -0.15) is 0 Å². The standard InChI is InChI=1S/C23H30N2O5S.C23H31NO4S/c1-22(2,31-25-28)13-21(26)29-15-5-7-16-14(12-15)4-6-18-17(16)10-11-23(3)19(18)8-9-20(23)30-24-27;1-22(2,29-24-27)13-21(26)28-15-5-7-16-14(12-15)4-6-18-17(16)10-11-23(3)19(18)8-9-20(23)25/h5,7,12,17-20H,4,6,8-11,13H2,1-3H3;5,7,12,17-20,25H,4,6,8-11,13H2,1-3H3/t2*17-,18-,19+,20+,23+/m11/s1. The van der Waals surface area contributed by atoms with E-state index in [0.29, 0.717) is 47.0 Å². The van der Waals surface area contributed by atoms with Crippen LogP contribution in [-0.2, 0) is 27.3 Å². The Kier molecular flexibility index (Phi) is 13.2. The van der Waals surface area contributed by atoms with Crippen LogP contribution in [0.4, 0.5) is 0 Å². The van der Waals surface area contributed by atoms with Crippen molar-refractivity contribution in [1.82, 2.24) is 0 Å². The lowest BCUT2D eigenvalue weighted by Crippen LogP contribution is -2.44. The highest BCUT2D eigenvalue weighted by molar-refractivity contribution is 7.99. The van der Waals surface area contributed by atoms with E-state index < -0.39 is 9.49 Å². The molecule has 0 spiro atoms. The zero-order valence-corrected chi connectivity index (χ0v) is 37.5. The summed E-state index contributed by atoms with van der Waals surface area (Å²) in [6, 6.07) is 12.1. The smallest absolute Gasteiger partial charge is 0.312 e. The summed E-state index contributed by atoms with van der Waals surface area (Å²) in [4.78, 5) is 61.5. The molecule has 6 aliphatic carbocycles. The largest absolute Gasteiger partial charge is 0.426 e. The zero-order chi connectivity index (χ0) is 43.0. The maximum absolute atomic E-state index is 12.3. The van der Waals surface area contributed by atoms with Crippen molar-refractivity contribution in [1.29, 1.82) is 0 Å². The van der Waals surface area contributed by atoms with Crippen LogP contribution < -0.4 is 9.47 Å². The molecule has 0 unspecified atom stereocenters. The zero-order valence-electron chi connectivity index (χ0n) is 35.9. The second-order valence-electron chi connectivity index (χ2n) is 20.1. The van der Waals surface area contributed by atoms with Crippen LogP contribution >= 0.6 is 23.9 Å². The van der Waals surface area contributed by atoms with Crippen LogP contribution in [0.15, 0.2) is 50.9 Å². The molecule has 0 radical (unpaired) electrons. The number of ether oxygens (including phenoxy) is 2. The number of aliphatic hydroxyl groups is 1. The Hall–Kier alpha value is -3.36. The molecular weight excluding hydrogens is 803 g/mol. The molecule has 0 heterocycles. The highest BCUT2D eigenvalue weighted by Crippen LogP contribution is 2.63. The number of nitroso groups, excluding NO2 is 2. The van der Waals surface area contributed by atoms with Crippen LogP contribution in [0.5, 0.6) is 11.5 Å². The number of hydrogen-bond acceptors (Lipinski definition) is 14. The maximum atomic E-state index is 12.3. The van der Waals surface area contributed by atoms with Crippen molar-refractivity contribution < 1.29 is 29.0 Å². The van der Waals surface area contributed by atoms with Crippen molar-refractivity contribution in [3.63, 3.8) is 0 Å². The van der Waals surface area contributed by atoms with Crippen molar-refractivity contribution in [3.05, 3.63) is 73.4 Å². The summed E-state index contributed by atoms with van der Waals surface area (Å²) in [5.74, 6) is 3.93. The molecular formula is C46H61N3O9S2. The Bertz CT molecular complexity index is 1960. The number of hydrogen-bond donors (Lipinski definition) is 1. The minimum absolute atomic E-state index is 0.0310. The Morgan fingerprint density at radius 2 is 1.15 bits per heavy atom. The van der Waals surface area contributed by atoms with Gasteiger partial charge < -0.3 is 19.4 Å². The van der Waals surface area contributed by atoms with Gasteiger partial charge in [0.25, 0.3) is 0 Å². The molecule has 0 saturated heterocycles. The van der Waals surface area contributed by atoms with E-state index in [4.69, 9.17) is 14.3 Å². The van der Waals surface area contributed by atoms with E-state index in [0.717, 1.165) is 101 Å². The number of fused-ring (bicyclic) bond motifs is 10. The Labute approximate surface area is 362 Å². The molecule has 0 aliphatic heterocycles. The SMILES string of the molecule is CC(C)(CC(=O)Oc1ccc2c(c1)CC[C@@H]1[C@@H]2CC[C@]2(C)[C@@H](O)CC[C@@H]12)SN=O.CC(C)(CC(=O)Oc1ccc2c(c1)CC[C@@H]1[C@@H]2CC[C@]2(C)[C@@H](ON=O)CC[C@@H]12)SN=O. The third-order valence-electron chi connectivity index (χ3n) is 15.6. The molecule has 4 fully saturated rings. The van der Waals surface area contributed by atoms with Gasteiger partial charge in [0.2, 0.25) is 0 Å². The summed E-state index contributed by atoms with van der Waals surface area (Å²) in [6.45, 7) is 11.8. The van der Waals surface area contributed by atoms with Gasteiger partial charge in [-0.1, -0.05) is 26.0 Å². The number of carbonyl (C=O) groups is 2. The predicted octanol–water partition coefficient (Wildman–Crippen LogP) is 11.5. The van der Waals surface area contributed by atoms with E-state index >= 15 is 0 Å². The van der Waals surface area contributed by atoms with E-state index in [-0.39, 0.29) is 47.8 Å². The number of esters is 2. The third-order valence-corrected chi connectivity index (χ3v) is 17.0. The molecule has 0 aromatic heterocycles. The normalized spacial score (nSPS) is 32.5. The van der Waals surface area contributed by atoms with E-state index in [1.54, 1.807) is 13.8 Å². The van der Waals surface area contributed by atoms with Gasteiger partial charge in [-0.15, -0.1) is 14.7 Å². The van der Waals surface area contributed by atoms with Crippen LogP contribution in [0.2, 0.25) is 0 Å². The Morgan fingerprint density at radius 3 is 1.63 bits per heavy atom. The highest BCUT2D eigenvalue weighted by Gasteiger charge is 2.57. The van der Waals surface area contributed by atoms with Gasteiger partial charge in [0.1, 0.15) is 17.6 Å². The molecule has 4 saturated carbocycles. The fourth-order valence-electron chi connectivity index (χ4n) is 12.7. The number of aliphatic hydroxyl groups excluding tert-OH is 1. The summed E-state index contributed by atoms with van der Waals surface area (Å²) in [5.41, 5.74) is 5.46. The summed E-state index contributed by atoms with van der Waals surface area (Å²) in [7, 11) is 0. The third kappa shape index (κ3) is 9.07. The second-order valence-corrected chi connectivity index (χ2v) is 23.0. The van der Waals surface area contributed by atoms with Crippen molar-refractivity contribution in [2.24, 2.45) is 49.0 Å². The molecule has 8 rings (SSSR count). The quantitative estimate of drug-likeness (QED) is 0.0708. The lowest BCUT2D eigenvalue weighted by atomic mass is 9.55. The van der Waals surface area contributed by atoms with Gasteiger partial charge >= 0.3 is 11.9 Å². The molecule has 0 bridgehead atoms. The Morgan fingerprint density at radius 1 is 0.683 bits per heavy atom. The summed E-state index contributed by atoms with van der Waals surface area (Å²) < 4.78 is 15.7. The molecule has 12 nitrogen and oxygen atoms in total. The molecule has 14 heteroatoms. The summed E-state index contributed by atoms with van der Waals surface area (Å²) in [5, 5.41) is 13.3. The van der Waals surface area contributed by atoms with Crippen molar-refractivity contribution in [2.75, 3.05) is 0 Å². The minimum Gasteiger partial charge on any atom is -0.426 e. The van der Waals surface area contributed by atoms with E-state index in [1.807, 2.05) is 38.1 Å². The fourth-order valence-corrected chi connectivity index (χ4v) is 13.5. The highest BCUT2D eigenvalue weighted by atomic mass is 32.2. The van der Waals surface area contributed by atoms with E-state index in [1.165, 1.54) is 22.3 Å². The lowest BCUT2D eigenvalue weighted by molar-refractivity contribution is -0.135. The van der Waals surface area contributed by atoms with Gasteiger partial charge in [-0.3, -0.25) is 9.59 Å². The van der Waals surface area contributed by atoms with Crippen LogP contribution in [0.25, 0.3) is 0 Å². The number of nitrogens with zero attached hydrogens (tertiary/aromatic N) is 3. The maximum Gasteiger partial charge on any atom is 0.312 e. The van der Waals surface area contributed by atoms with Gasteiger partial charge in [0, 0.05) is 48.0 Å². The van der Waals surface area contributed by atoms with Crippen LogP contribution in [0.3, 0.4) is 0 Å². The van der Waals surface area contributed by atoms with Crippen molar-refractivity contribution >= 4 is 35.8 Å². The number of aryl methyl sites for hydroxylation is 2. The molecule has 60 heavy (non-hydrogen) atoms. The summed E-state index contributed by atoms with van der Waals surface area (Å²) in [6.07, 6.45) is 12.7. The molecule has 2 aromatic rings. The topological polar surface area (TPSA) is 170 Å². The number of benzene rings is 2. The summed E-state index contributed by atoms with van der Waals surface area (Å²) >= 11 is 1.72. The molecule has 1 N–H and O–H groups in total. The van der Waals surface area contributed by atoms with Gasteiger partial charge in [-0.05, 0) is 192 Å². The molecule has 326 valence electrons. The molecule has 6 aliphatic rings. The van der Waals surface area contributed by atoms with Crippen LogP contribution in [0.1, 0.15) is 153 Å². The van der Waals surface area contributed by atoms with Gasteiger partial charge in [0.15, 0.2) is 5.34 Å². The van der Waals surface area contributed by atoms with E-state index in [2.05, 4.69) is 40.5 Å². The first-order valence-corrected chi connectivity index (χ1v) is 23.4. The van der Waals surface area contributed by atoms with Crippen LogP contribution in [-0.4, -0.2) is 38.7 Å². The number of carbonyl (C=O) groups excluding carboxylic acids is 2. The molecule has 2 aromatic carbocycles. The fraction of sp³-hybridized carbons (Fsp3) is 0.696. The first-order chi connectivity index (χ1) is 28.5. The monoisotopic (exact) mass is 863 g/mol. The molecule has 0 amide bonds. The van der Waals surface area contributed by atoms with Crippen LogP contribution in [0, 0.1) is 49.2 Å². The average molecular weight is 864 g/mol. The first-order valence-electron chi connectivity index (χ1n) is 21.9. The Balaban J connectivity index is 0.000000182.